The smallest absolute Gasteiger partial charge is 0.114 e. The van der Waals surface area contributed by atoms with Crippen molar-refractivity contribution in [2.75, 3.05) is 7.05 Å². The summed E-state index contributed by atoms with van der Waals surface area (Å²) in [7, 11) is 2.10. The number of furan rings is 1. The topological polar surface area (TPSA) is 25.2 Å². The molecule has 1 saturated carbocycles. The molecule has 20 heavy (non-hydrogen) atoms. The minimum absolute atomic E-state index is 0.461. The second kappa shape index (κ2) is 6.57. The van der Waals surface area contributed by atoms with Gasteiger partial charge in [0.25, 0.3) is 0 Å². The van der Waals surface area contributed by atoms with Gasteiger partial charge in [-0.15, -0.1) is 11.8 Å². The van der Waals surface area contributed by atoms with Crippen molar-refractivity contribution in [2.45, 2.75) is 69.6 Å². The first-order valence-corrected chi connectivity index (χ1v) is 8.74. The molecule has 1 aromatic rings. The van der Waals surface area contributed by atoms with Gasteiger partial charge in [0.2, 0.25) is 0 Å². The molecule has 1 fully saturated rings. The molecule has 114 valence electrons. The summed E-state index contributed by atoms with van der Waals surface area (Å²) in [5.74, 6) is 1.89. The molecule has 1 N–H and O–H groups in total. The summed E-state index contributed by atoms with van der Waals surface area (Å²) in [6, 6.07) is 2.74. The minimum atomic E-state index is 0.461. The van der Waals surface area contributed by atoms with Gasteiger partial charge in [0, 0.05) is 16.2 Å². The maximum atomic E-state index is 5.45. The Kier molecular flexibility index (Phi) is 5.25. The van der Waals surface area contributed by atoms with E-state index in [9.17, 15) is 0 Å². The zero-order valence-electron chi connectivity index (χ0n) is 13.5. The molecule has 0 amide bonds. The van der Waals surface area contributed by atoms with Crippen LogP contribution in [0.2, 0.25) is 0 Å². The summed E-state index contributed by atoms with van der Waals surface area (Å²) in [4.78, 5) is 1.31. The Morgan fingerprint density at radius 3 is 2.70 bits per heavy atom. The molecule has 2 rings (SSSR count). The summed E-state index contributed by atoms with van der Waals surface area (Å²) in [6.07, 6.45) is 7.03. The van der Waals surface area contributed by atoms with Crippen molar-refractivity contribution in [3.63, 3.8) is 0 Å². The van der Waals surface area contributed by atoms with Crippen LogP contribution >= 0.6 is 11.8 Å². The molecular weight excluding hydrogens is 266 g/mol. The van der Waals surface area contributed by atoms with E-state index < -0.39 is 0 Å². The van der Waals surface area contributed by atoms with Gasteiger partial charge < -0.3 is 9.73 Å². The van der Waals surface area contributed by atoms with Crippen LogP contribution in [0.4, 0.5) is 0 Å². The van der Waals surface area contributed by atoms with E-state index in [1.165, 1.54) is 30.6 Å². The highest BCUT2D eigenvalue weighted by Crippen LogP contribution is 2.45. The fourth-order valence-electron chi connectivity index (χ4n) is 3.25. The van der Waals surface area contributed by atoms with Gasteiger partial charge in [-0.1, -0.05) is 27.2 Å². The van der Waals surface area contributed by atoms with E-state index in [-0.39, 0.29) is 0 Å². The third-order valence-electron chi connectivity index (χ3n) is 5.27. The lowest BCUT2D eigenvalue weighted by molar-refractivity contribution is 0.142. The standard InChI is InChI=1S/C17H29NOS/c1-6-17(3,4)13-7-8-14(18-5)16(11-13)20-15-9-10-19-12(15)2/h9-10,13-14,16,18H,6-8,11H2,1-5H3. The van der Waals surface area contributed by atoms with Gasteiger partial charge >= 0.3 is 0 Å². The number of hydrogen-bond acceptors (Lipinski definition) is 3. The predicted molar refractivity (Wildman–Crippen MR) is 87.4 cm³/mol. The third kappa shape index (κ3) is 3.43. The van der Waals surface area contributed by atoms with Crippen molar-refractivity contribution < 1.29 is 4.42 Å². The first kappa shape index (κ1) is 16.0. The maximum absolute atomic E-state index is 5.45. The van der Waals surface area contributed by atoms with Crippen LogP contribution in [0.15, 0.2) is 21.6 Å². The number of rotatable bonds is 5. The van der Waals surface area contributed by atoms with Crippen LogP contribution in [-0.2, 0) is 0 Å². The Bertz CT molecular complexity index is 426. The van der Waals surface area contributed by atoms with Gasteiger partial charge in [0.1, 0.15) is 5.76 Å². The van der Waals surface area contributed by atoms with Gasteiger partial charge in [0.15, 0.2) is 0 Å². The van der Waals surface area contributed by atoms with E-state index in [0.29, 0.717) is 16.7 Å². The SMILES string of the molecule is CCC(C)(C)C1CCC(NC)C(Sc2ccoc2C)C1. The summed E-state index contributed by atoms with van der Waals surface area (Å²) >= 11 is 2.00. The fraction of sp³-hybridized carbons (Fsp3) is 0.765. The highest BCUT2D eigenvalue weighted by molar-refractivity contribution is 8.00. The van der Waals surface area contributed by atoms with Crippen molar-refractivity contribution in [1.82, 2.24) is 5.32 Å². The molecule has 0 aliphatic heterocycles. The van der Waals surface area contributed by atoms with Crippen LogP contribution in [0.25, 0.3) is 0 Å². The normalized spacial score (nSPS) is 27.8. The van der Waals surface area contributed by atoms with Crippen molar-refractivity contribution in [2.24, 2.45) is 11.3 Å². The average Bonchev–Trinajstić information content (AvgIpc) is 2.84. The summed E-state index contributed by atoms with van der Waals surface area (Å²) in [5.41, 5.74) is 0.461. The van der Waals surface area contributed by atoms with E-state index in [1.54, 1.807) is 0 Å². The number of aryl methyl sites for hydroxylation is 1. The Hall–Kier alpha value is -0.410. The number of thioether (sulfide) groups is 1. The van der Waals surface area contributed by atoms with Gasteiger partial charge in [-0.25, -0.2) is 0 Å². The molecule has 1 aromatic heterocycles. The largest absolute Gasteiger partial charge is 0.468 e. The van der Waals surface area contributed by atoms with E-state index in [1.807, 2.05) is 18.0 Å². The lowest BCUT2D eigenvalue weighted by atomic mass is 9.68. The van der Waals surface area contributed by atoms with Crippen LogP contribution in [-0.4, -0.2) is 18.3 Å². The molecule has 0 bridgehead atoms. The lowest BCUT2D eigenvalue weighted by Crippen LogP contribution is -2.43. The predicted octanol–water partition coefficient (Wildman–Crippen LogP) is 4.87. The van der Waals surface area contributed by atoms with E-state index in [0.717, 1.165) is 11.7 Å². The summed E-state index contributed by atoms with van der Waals surface area (Å²) in [5, 5.41) is 4.18. The Labute approximate surface area is 128 Å². The van der Waals surface area contributed by atoms with Crippen molar-refractivity contribution in [3.05, 3.63) is 18.1 Å². The van der Waals surface area contributed by atoms with Gasteiger partial charge in [-0.3, -0.25) is 0 Å². The van der Waals surface area contributed by atoms with Gasteiger partial charge in [0.05, 0.1) is 6.26 Å². The van der Waals surface area contributed by atoms with E-state index >= 15 is 0 Å². The quantitative estimate of drug-likeness (QED) is 0.838. The molecule has 0 spiro atoms. The highest BCUT2D eigenvalue weighted by atomic mass is 32.2. The Balaban J connectivity index is 2.09. The zero-order chi connectivity index (χ0) is 14.8. The molecule has 1 aliphatic rings. The highest BCUT2D eigenvalue weighted by Gasteiger charge is 2.37. The Morgan fingerprint density at radius 2 is 2.15 bits per heavy atom. The first-order chi connectivity index (χ1) is 9.47. The fourth-order valence-corrected chi connectivity index (χ4v) is 4.69. The molecule has 3 unspecified atom stereocenters. The van der Waals surface area contributed by atoms with Crippen LogP contribution in [0.5, 0.6) is 0 Å². The van der Waals surface area contributed by atoms with Gasteiger partial charge in [-0.2, -0.15) is 0 Å². The van der Waals surface area contributed by atoms with E-state index in [2.05, 4.69) is 46.1 Å². The molecule has 1 aliphatic carbocycles. The number of hydrogen-bond donors (Lipinski definition) is 1. The molecule has 0 radical (unpaired) electrons. The van der Waals surface area contributed by atoms with Crippen molar-refractivity contribution in [3.8, 4) is 0 Å². The number of nitrogens with one attached hydrogen (secondary N) is 1. The zero-order valence-corrected chi connectivity index (χ0v) is 14.3. The molecule has 0 aromatic carbocycles. The summed E-state index contributed by atoms with van der Waals surface area (Å²) in [6.45, 7) is 9.25. The molecular formula is C17H29NOS. The average molecular weight is 295 g/mol. The lowest BCUT2D eigenvalue weighted by Gasteiger charge is -2.42. The van der Waals surface area contributed by atoms with Crippen molar-refractivity contribution in [1.29, 1.82) is 0 Å². The minimum Gasteiger partial charge on any atom is -0.468 e. The molecule has 1 heterocycles. The second-order valence-electron chi connectivity index (χ2n) is 6.74. The molecule has 2 nitrogen and oxygen atoms in total. The van der Waals surface area contributed by atoms with E-state index in [4.69, 9.17) is 4.42 Å². The summed E-state index contributed by atoms with van der Waals surface area (Å²) < 4.78 is 5.45. The maximum Gasteiger partial charge on any atom is 0.114 e. The first-order valence-electron chi connectivity index (χ1n) is 7.86. The monoisotopic (exact) mass is 295 g/mol. The van der Waals surface area contributed by atoms with Crippen LogP contribution in [0, 0.1) is 18.3 Å². The van der Waals surface area contributed by atoms with Crippen LogP contribution in [0.3, 0.4) is 0 Å². The van der Waals surface area contributed by atoms with Crippen molar-refractivity contribution >= 4 is 11.8 Å². The second-order valence-corrected chi connectivity index (χ2v) is 8.03. The Morgan fingerprint density at radius 1 is 1.40 bits per heavy atom. The third-order valence-corrected chi connectivity index (χ3v) is 6.77. The molecule has 0 saturated heterocycles. The van der Waals surface area contributed by atoms with Gasteiger partial charge in [-0.05, 0) is 50.6 Å². The molecule has 3 heteroatoms. The van der Waals surface area contributed by atoms with Crippen LogP contribution in [0.1, 0.15) is 52.2 Å². The molecule has 3 atom stereocenters. The van der Waals surface area contributed by atoms with Crippen LogP contribution < -0.4 is 5.32 Å².